The Hall–Kier alpha value is -0.900. The Labute approximate surface area is 34.4 Å². The average Bonchev–Trinajstić information content (AvgIpc) is 1.65. The molecular weight excluding hydrogens is 84.0 g/mol. The molecule has 0 aliphatic heterocycles. The zero-order valence-corrected chi connectivity index (χ0v) is 2.97. The first-order valence-electron chi connectivity index (χ1n) is 1.22. The predicted molar refractivity (Wildman–Crippen MR) is 19.1 cm³/mol. The van der Waals surface area contributed by atoms with Gasteiger partial charge in [-0.2, -0.15) is 5.90 Å². The summed E-state index contributed by atoms with van der Waals surface area (Å²) >= 11 is 0. The Morgan fingerprint density at radius 3 is 2.50 bits per heavy atom. The summed E-state index contributed by atoms with van der Waals surface area (Å²) in [6, 6.07) is 0. The molecule has 0 rings (SSSR count). The number of nitrogens with two attached hydrogens (primary N) is 1. The van der Waals surface area contributed by atoms with Crippen molar-refractivity contribution < 1.29 is 9.63 Å². The van der Waals surface area contributed by atoms with E-state index in [1.54, 1.807) is 0 Å². The van der Waals surface area contributed by atoms with Gasteiger partial charge in [-0.3, -0.25) is 0 Å². The van der Waals surface area contributed by atoms with E-state index < -0.39 is 5.97 Å². The molecule has 4 nitrogen and oxygen atoms in total. The summed E-state index contributed by atoms with van der Waals surface area (Å²) in [7, 11) is 0. The normalized spacial score (nSPS) is 6.83. The molecule has 0 aromatic carbocycles. The second kappa shape index (κ2) is 2.34. The van der Waals surface area contributed by atoms with Gasteiger partial charge in [0, 0.05) is 0 Å². The van der Waals surface area contributed by atoms with Crippen LogP contribution >= 0.6 is 0 Å². The molecule has 0 saturated carbocycles. The molecule has 6 heavy (non-hydrogen) atoms. The zero-order valence-electron chi connectivity index (χ0n) is 2.97. The van der Waals surface area contributed by atoms with Gasteiger partial charge in [-0.25, -0.2) is 4.79 Å². The van der Waals surface area contributed by atoms with Crippen molar-refractivity contribution in [2.24, 2.45) is 5.90 Å². The number of hydrogen-bond acceptors (Lipinski definition) is 4. The van der Waals surface area contributed by atoms with Crippen molar-refractivity contribution in [1.29, 1.82) is 5.41 Å². The van der Waals surface area contributed by atoms with Crippen LogP contribution in [-0.4, -0.2) is 12.2 Å². The van der Waals surface area contributed by atoms with E-state index in [0.29, 0.717) is 6.21 Å². The lowest BCUT2D eigenvalue weighted by Gasteiger charge is -1.80. The van der Waals surface area contributed by atoms with E-state index in [-0.39, 0.29) is 0 Å². The second-order valence-corrected chi connectivity index (χ2v) is 0.581. The first kappa shape index (κ1) is 5.10. The van der Waals surface area contributed by atoms with Gasteiger partial charge in [-0.1, -0.05) is 0 Å². The second-order valence-electron chi connectivity index (χ2n) is 0.581. The molecule has 4 heteroatoms. The van der Waals surface area contributed by atoms with Crippen LogP contribution in [-0.2, 0) is 9.63 Å². The number of carbonyl (C=O) groups excluding carboxylic acids is 1. The van der Waals surface area contributed by atoms with E-state index in [1.165, 1.54) is 0 Å². The maximum Gasteiger partial charge on any atom is 0.367 e. The number of nitrogens with one attached hydrogen (secondary N) is 1. The van der Waals surface area contributed by atoms with E-state index in [0.717, 1.165) is 0 Å². The fraction of sp³-hybridized carbons (Fsp3) is 0. The topological polar surface area (TPSA) is 76.2 Å². The Kier molecular flexibility index (Phi) is 1.99. The van der Waals surface area contributed by atoms with E-state index >= 15 is 0 Å². The van der Waals surface area contributed by atoms with Crippen LogP contribution in [0.4, 0.5) is 0 Å². The van der Waals surface area contributed by atoms with Crippen LogP contribution in [0.1, 0.15) is 0 Å². The van der Waals surface area contributed by atoms with Crippen LogP contribution in [0.2, 0.25) is 0 Å². The first-order valence-corrected chi connectivity index (χ1v) is 1.22. The molecule has 0 aliphatic carbocycles. The van der Waals surface area contributed by atoms with Crippen molar-refractivity contribution in [3.8, 4) is 0 Å². The largest absolute Gasteiger partial charge is 0.369 e. The molecule has 0 amide bonds. The molecule has 0 saturated heterocycles. The zero-order chi connectivity index (χ0) is 4.99. The Bertz CT molecular complexity index is 69.9. The highest BCUT2D eigenvalue weighted by molar-refractivity contribution is 6.21. The lowest BCUT2D eigenvalue weighted by molar-refractivity contribution is -0.135. The van der Waals surface area contributed by atoms with Gasteiger partial charge in [-0.15, -0.1) is 0 Å². The van der Waals surface area contributed by atoms with Gasteiger partial charge in [0.15, 0.2) is 0 Å². The van der Waals surface area contributed by atoms with Crippen LogP contribution in [0, 0.1) is 5.41 Å². The van der Waals surface area contributed by atoms with Crippen LogP contribution in [0.5, 0.6) is 0 Å². The highest BCUT2D eigenvalue weighted by atomic mass is 16.7. The van der Waals surface area contributed by atoms with E-state index in [4.69, 9.17) is 5.41 Å². The molecule has 0 aromatic heterocycles. The maximum atomic E-state index is 9.59. The minimum Gasteiger partial charge on any atom is -0.369 e. The monoisotopic (exact) mass is 88.0 g/mol. The van der Waals surface area contributed by atoms with Gasteiger partial charge in [0.25, 0.3) is 0 Å². The third kappa shape index (κ3) is 1.42. The standard InChI is InChI=1S/C2H4N2O2/c3-1-2(5)6-4/h1,3H,4H2. The van der Waals surface area contributed by atoms with Gasteiger partial charge < -0.3 is 10.2 Å². The van der Waals surface area contributed by atoms with Gasteiger partial charge in [0.05, 0.1) is 0 Å². The van der Waals surface area contributed by atoms with Crippen molar-refractivity contribution in [1.82, 2.24) is 0 Å². The molecule has 0 fully saturated rings. The fourth-order valence-electron chi connectivity index (χ4n) is 0.0340. The number of carbonyl (C=O) groups is 1. The summed E-state index contributed by atoms with van der Waals surface area (Å²) in [4.78, 5) is 13.1. The van der Waals surface area contributed by atoms with E-state index in [1.807, 2.05) is 0 Å². The predicted octanol–water partition coefficient (Wildman–Crippen LogP) is -0.947. The van der Waals surface area contributed by atoms with Crippen LogP contribution in [0.3, 0.4) is 0 Å². The SMILES string of the molecule is N=CC(=O)ON. The molecule has 0 aromatic rings. The third-order valence-electron chi connectivity index (χ3n) is 0.234. The molecule has 0 heterocycles. The minimum absolute atomic E-state index is 0.486. The molecule has 0 radical (unpaired) electrons. The maximum absolute atomic E-state index is 9.59. The average molecular weight is 88.1 g/mol. The summed E-state index contributed by atoms with van der Waals surface area (Å²) in [5.41, 5.74) is 0. The van der Waals surface area contributed by atoms with Crippen molar-refractivity contribution >= 4 is 12.2 Å². The highest BCUT2D eigenvalue weighted by Crippen LogP contribution is 1.53. The van der Waals surface area contributed by atoms with Crippen molar-refractivity contribution in [2.75, 3.05) is 0 Å². The highest BCUT2D eigenvalue weighted by Gasteiger charge is 1.85. The molecule has 0 spiro atoms. The van der Waals surface area contributed by atoms with E-state index in [9.17, 15) is 4.79 Å². The summed E-state index contributed by atoms with van der Waals surface area (Å²) in [6.45, 7) is 0. The Morgan fingerprint density at radius 2 is 2.50 bits per heavy atom. The number of rotatable bonds is 1. The summed E-state index contributed by atoms with van der Waals surface area (Å²) in [6.07, 6.45) is 0.486. The van der Waals surface area contributed by atoms with Gasteiger partial charge in [-0.05, 0) is 0 Å². The minimum atomic E-state index is -0.838. The number of hydrogen-bond donors (Lipinski definition) is 2. The Balaban J connectivity index is 3.23. The molecule has 3 N–H and O–H groups in total. The quantitative estimate of drug-likeness (QED) is 0.320. The lowest BCUT2D eigenvalue weighted by Crippen LogP contribution is -2.09. The smallest absolute Gasteiger partial charge is 0.367 e. The van der Waals surface area contributed by atoms with Gasteiger partial charge in [0.2, 0.25) is 0 Å². The third-order valence-corrected chi connectivity index (χ3v) is 0.234. The van der Waals surface area contributed by atoms with Crippen molar-refractivity contribution in [3.05, 3.63) is 0 Å². The summed E-state index contributed by atoms with van der Waals surface area (Å²) < 4.78 is 0. The van der Waals surface area contributed by atoms with Gasteiger partial charge in [0.1, 0.15) is 6.21 Å². The lowest BCUT2D eigenvalue weighted by atomic mass is 10.8. The molecule has 0 aliphatic rings. The van der Waals surface area contributed by atoms with Crippen molar-refractivity contribution in [2.45, 2.75) is 0 Å². The first-order chi connectivity index (χ1) is 2.81. The van der Waals surface area contributed by atoms with Crippen molar-refractivity contribution in [3.63, 3.8) is 0 Å². The molecule has 34 valence electrons. The van der Waals surface area contributed by atoms with Crippen LogP contribution in [0.25, 0.3) is 0 Å². The summed E-state index contributed by atoms with van der Waals surface area (Å²) in [5.74, 6) is 3.44. The Morgan fingerprint density at radius 1 is 2.00 bits per heavy atom. The van der Waals surface area contributed by atoms with E-state index in [2.05, 4.69) is 10.7 Å². The molecule has 0 unspecified atom stereocenters. The fourth-order valence-corrected chi connectivity index (χ4v) is 0.0340. The van der Waals surface area contributed by atoms with Crippen LogP contribution < -0.4 is 5.90 Å². The molecule has 0 bridgehead atoms. The summed E-state index contributed by atoms with van der Waals surface area (Å²) in [5, 5.41) is 6.13. The molecular formula is C2H4N2O2. The van der Waals surface area contributed by atoms with Gasteiger partial charge >= 0.3 is 5.97 Å². The molecule has 0 atom stereocenters. The van der Waals surface area contributed by atoms with Crippen LogP contribution in [0.15, 0.2) is 0 Å².